The number of anilines is 2. The number of nitrogens with zero attached hydrogens (tertiary/aromatic N) is 3. The first-order valence-corrected chi connectivity index (χ1v) is 11.9. The fourth-order valence-electron chi connectivity index (χ4n) is 3.20. The van der Waals surface area contributed by atoms with Gasteiger partial charge in [0.15, 0.2) is 9.84 Å². The average molecular weight is 492 g/mol. The van der Waals surface area contributed by atoms with Gasteiger partial charge < -0.3 is 15.8 Å². The number of halogens is 2. The normalized spacial score (nSPS) is 12.1. The molecule has 8 nitrogen and oxygen atoms in total. The van der Waals surface area contributed by atoms with E-state index >= 15 is 0 Å². The number of benzene rings is 2. The van der Waals surface area contributed by atoms with Crippen LogP contribution in [0.1, 0.15) is 24.1 Å². The van der Waals surface area contributed by atoms with E-state index in [1.165, 1.54) is 25.6 Å². The lowest BCUT2D eigenvalue weighted by Crippen LogP contribution is -2.12. The Hall–Kier alpha value is -3.06. The largest absolute Gasteiger partial charge is 0.496 e. The van der Waals surface area contributed by atoms with Gasteiger partial charge in [-0.25, -0.2) is 18.4 Å². The molecule has 0 amide bonds. The zero-order chi connectivity index (χ0) is 23.6. The fourth-order valence-corrected chi connectivity index (χ4v) is 4.29. The Bertz CT molecular complexity index is 1320. The van der Waals surface area contributed by atoms with Crippen LogP contribution in [0.5, 0.6) is 5.75 Å². The van der Waals surface area contributed by atoms with Gasteiger partial charge in [0.2, 0.25) is 0 Å². The number of ether oxygens (including phenoxy) is 1. The summed E-state index contributed by atoms with van der Waals surface area (Å²) in [6.45, 7) is 1.83. The lowest BCUT2D eigenvalue weighted by molar-refractivity contribution is 0.409. The molecule has 2 aromatic carbocycles. The van der Waals surface area contributed by atoms with Crippen molar-refractivity contribution in [2.75, 3.05) is 24.4 Å². The Balaban J connectivity index is 2.12. The van der Waals surface area contributed by atoms with Crippen LogP contribution >= 0.6 is 23.2 Å². The number of sulfone groups is 1. The van der Waals surface area contributed by atoms with E-state index in [4.69, 9.17) is 33.7 Å². The molecule has 0 aliphatic carbocycles. The Morgan fingerprint density at radius 1 is 1.22 bits per heavy atom. The van der Waals surface area contributed by atoms with Crippen LogP contribution in [0.3, 0.4) is 0 Å². The van der Waals surface area contributed by atoms with E-state index in [9.17, 15) is 13.7 Å². The molecule has 1 aromatic heterocycles. The Labute approximate surface area is 195 Å². The predicted octanol–water partition coefficient (Wildman–Crippen LogP) is 4.49. The number of methoxy groups -OCH3 is 1. The lowest BCUT2D eigenvalue weighted by atomic mass is 9.97. The van der Waals surface area contributed by atoms with Gasteiger partial charge in [-0.15, -0.1) is 0 Å². The third-order valence-electron chi connectivity index (χ3n) is 4.78. The molecule has 0 saturated carbocycles. The van der Waals surface area contributed by atoms with Crippen molar-refractivity contribution in [3.05, 3.63) is 57.8 Å². The number of nitrogens with two attached hydrogens (primary N) is 1. The van der Waals surface area contributed by atoms with Crippen molar-refractivity contribution in [3.8, 4) is 22.9 Å². The predicted molar refractivity (Wildman–Crippen MR) is 125 cm³/mol. The summed E-state index contributed by atoms with van der Waals surface area (Å²) in [4.78, 5) is 8.11. The SMILES string of the molecule is COc1c(C(C)Nc2ncnc(N)c2C#N)cc(Cl)c(Cl)c1-c1ccc(S(C)(=O)=O)cc1. The van der Waals surface area contributed by atoms with E-state index in [2.05, 4.69) is 15.3 Å². The van der Waals surface area contributed by atoms with Crippen molar-refractivity contribution >= 4 is 44.7 Å². The average Bonchev–Trinajstić information content (AvgIpc) is 2.74. The molecule has 0 bridgehead atoms. The molecule has 0 radical (unpaired) electrons. The molecule has 3 N–H and O–H groups in total. The topological polar surface area (TPSA) is 131 Å². The summed E-state index contributed by atoms with van der Waals surface area (Å²) in [5, 5.41) is 13.1. The molecule has 0 spiro atoms. The van der Waals surface area contributed by atoms with E-state index in [0.29, 0.717) is 22.4 Å². The lowest BCUT2D eigenvalue weighted by Gasteiger charge is -2.22. The number of rotatable bonds is 6. The monoisotopic (exact) mass is 491 g/mol. The van der Waals surface area contributed by atoms with E-state index < -0.39 is 15.9 Å². The summed E-state index contributed by atoms with van der Waals surface area (Å²) in [7, 11) is -1.86. The molecule has 0 aliphatic heterocycles. The number of hydrogen-bond acceptors (Lipinski definition) is 8. The van der Waals surface area contributed by atoms with Crippen LogP contribution in [0.2, 0.25) is 10.0 Å². The first kappa shape index (κ1) is 23.6. The van der Waals surface area contributed by atoms with Crippen LogP contribution in [0.25, 0.3) is 11.1 Å². The highest BCUT2D eigenvalue weighted by molar-refractivity contribution is 7.90. The van der Waals surface area contributed by atoms with E-state index in [0.717, 1.165) is 6.26 Å². The van der Waals surface area contributed by atoms with Crippen molar-refractivity contribution < 1.29 is 13.2 Å². The molecule has 3 aromatic rings. The van der Waals surface area contributed by atoms with Gasteiger partial charge in [-0.2, -0.15) is 5.26 Å². The molecule has 11 heteroatoms. The van der Waals surface area contributed by atoms with Gasteiger partial charge in [0.25, 0.3) is 0 Å². The zero-order valence-corrected chi connectivity index (χ0v) is 19.7. The molecule has 1 heterocycles. The van der Waals surface area contributed by atoms with Crippen LogP contribution in [-0.2, 0) is 9.84 Å². The van der Waals surface area contributed by atoms with Crippen molar-refractivity contribution in [2.24, 2.45) is 0 Å². The van der Waals surface area contributed by atoms with E-state index in [-0.39, 0.29) is 32.1 Å². The Morgan fingerprint density at radius 3 is 2.44 bits per heavy atom. The van der Waals surface area contributed by atoms with Crippen molar-refractivity contribution in [2.45, 2.75) is 17.9 Å². The first-order chi connectivity index (χ1) is 15.1. The van der Waals surface area contributed by atoms with Crippen LogP contribution in [-0.4, -0.2) is 31.8 Å². The molecule has 3 rings (SSSR count). The van der Waals surface area contributed by atoms with Crippen LogP contribution < -0.4 is 15.8 Å². The summed E-state index contributed by atoms with van der Waals surface area (Å²) in [5.41, 5.74) is 7.67. The first-order valence-electron chi connectivity index (χ1n) is 9.22. The Kier molecular flexibility index (Phi) is 6.79. The van der Waals surface area contributed by atoms with E-state index in [1.54, 1.807) is 18.2 Å². The standard InChI is InChI=1S/C21H19Cl2N5O3S/c1-11(28-21-15(9-24)20(25)26-10-27-21)14-8-16(22)18(23)17(19(14)31-2)12-4-6-13(7-5-12)32(3,29)30/h4-8,10-11H,1-3H3,(H3,25,26,27,28). The van der Waals surface area contributed by atoms with Crippen molar-refractivity contribution in [3.63, 3.8) is 0 Å². The maximum Gasteiger partial charge on any atom is 0.175 e. The van der Waals surface area contributed by atoms with Gasteiger partial charge in [-0.05, 0) is 30.7 Å². The Morgan fingerprint density at radius 2 is 1.88 bits per heavy atom. The van der Waals surface area contributed by atoms with Crippen LogP contribution in [0.4, 0.5) is 11.6 Å². The maximum atomic E-state index is 11.8. The zero-order valence-electron chi connectivity index (χ0n) is 17.3. The minimum absolute atomic E-state index is 0.0601. The van der Waals surface area contributed by atoms with Gasteiger partial charge in [-0.3, -0.25) is 0 Å². The van der Waals surface area contributed by atoms with Gasteiger partial charge in [0.05, 0.1) is 28.1 Å². The molecular formula is C21H19Cl2N5O3S. The highest BCUT2D eigenvalue weighted by Crippen LogP contribution is 2.45. The van der Waals surface area contributed by atoms with Gasteiger partial charge in [0, 0.05) is 17.4 Å². The minimum atomic E-state index is -3.35. The van der Waals surface area contributed by atoms with Crippen LogP contribution in [0, 0.1) is 11.3 Å². The molecular weight excluding hydrogens is 473 g/mol. The number of aromatic nitrogens is 2. The van der Waals surface area contributed by atoms with E-state index in [1.807, 2.05) is 13.0 Å². The number of hydrogen-bond donors (Lipinski definition) is 2. The van der Waals surface area contributed by atoms with Gasteiger partial charge in [-0.1, -0.05) is 35.3 Å². The molecule has 166 valence electrons. The molecule has 0 aliphatic rings. The number of nitriles is 1. The van der Waals surface area contributed by atoms with Crippen molar-refractivity contribution in [1.29, 1.82) is 5.26 Å². The summed E-state index contributed by atoms with van der Waals surface area (Å²) in [5.74, 6) is 0.761. The molecule has 1 atom stereocenters. The quantitative estimate of drug-likeness (QED) is 0.515. The summed E-state index contributed by atoms with van der Waals surface area (Å²) >= 11 is 12.9. The summed E-state index contributed by atoms with van der Waals surface area (Å²) in [6.07, 6.45) is 2.39. The molecule has 0 saturated heterocycles. The fraction of sp³-hybridized carbons (Fsp3) is 0.190. The summed E-state index contributed by atoms with van der Waals surface area (Å²) < 4.78 is 29.3. The second-order valence-electron chi connectivity index (χ2n) is 6.93. The number of nitrogens with one attached hydrogen (secondary N) is 1. The summed E-state index contributed by atoms with van der Waals surface area (Å²) in [6, 6.07) is 9.48. The second-order valence-corrected chi connectivity index (χ2v) is 9.73. The second kappa shape index (κ2) is 9.20. The highest BCUT2D eigenvalue weighted by atomic mass is 35.5. The van der Waals surface area contributed by atoms with Crippen molar-refractivity contribution in [1.82, 2.24) is 9.97 Å². The van der Waals surface area contributed by atoms with Gasteiger partial charge in [0.1, 0.15) is 35.3 Å². The smallest absolute Gasteiger partial charge is 0.175 e. The third-order valence-corrected chi connectivity index (χ3v) is 6.70. The highest BCUT2D eigenvalue weighted by Gasteiger charge is 2.23. The molecule has 1 unspecified atom stereocenters. The molecule has 0 fully saturated rings. The molecule has 32 heavy (non-hydrogen) atoms. The van der Waals surface area contributed by atoms with Crippen LogP contribution in [0.15, 0.2) is 41.6 Å². The maximum absolute atomic E-state index is 11.8. The van der Waals surface area contributed by atoms with Gasteiger partial charge >= 0.3 is 0 Å². The number of nitrogen functional groups attached to an aromatic ring is 1. The third kappa shape index (κ3) is 4.58. The minimum Gasteiger partial charge on any atom is -0.496 e.